The summed E-state index contributed by atoms with van der Waals surface area (Å²) in [6.07, 6.45) is 0.905. The van der Waals surface area contributed by atoms with Gasteiger partial charge in [0.1, 0.15) is 5.75 Å². The molecule has 0 atom stereocenters. The highest BCUT2D eigenvalue weighted by atomic mass is 16.5. The molecule has 0 fully saturated rings. The summed E-state index contributed by atoms with van der Waals surface area (Å²) >= 11 is 0. The van der Waals surface area contributed by atoms with Crippen LogP contribution < -0.4 is 10.1 Å². The Hall–Kier alpha value is -2.34. The predicted molar refractivity (Wildman–Crippen MR) is 92.4 cm³/mol. The lowest BCUT2D eigenvalue weighted by atomic mass is 10.0. The fourth-order valence-corrected chi connectivity index (χ4v) is 3.13. The molecule has 0 radical (unpaired) electrons. The minimum atomic E-state index is -0.0894. The lowest BCUT2D eigenvalue weighted by Gasteiger charge is -2.23. The maximum absolute atomic E-state index is 12.4. The Morgan fingerprint density at radius 3 is 3.00 bits per heavy atom. The maximum atomic E-state index is 12.4. The molecular weight excluding hydrogens is 304 g/mol. The van der Waals surface area contributed by atoms with Gasteiger partial charge in [-0.05, 0) is 31.7 Å². The van der Waals surface area contributed by atoms with Gasteiger partial charge in [0, 0.05) is 37.3 Å². The molecule has 0 bridgehead atoms. The average molecular weight is 328 g/mol. The molecule has 1 N–H and O–H groups in total. The van der Waals surface area contributed by atoms with Gasteiger partial charge in [-0.1, -0.05) is 12.1 Å². The van der Waals surface area contributed by atoms with E-state index in [4.69, 9.17) is 4.74 Å². The number of benzene rings is 1. The maximum Gasteiger partial charge on any atom is 0.272 e. The third-order valence-electron chi connectivity index (χ3n) is 4.34. The van der Waals surface area contributed by atoms with E-state index in [1.54, 1.807) is 7.11 Å². The largest absolute Gasteiger partial charge is 0.497 e. The van der Waals surface area contributed by atoms with Crippen molar-refractivity contribution in [3.05, 3.63) is 46.8 Å². The highest BCUT2D eigenvalue weighted by Crippen LogP contribution is 2.23. The van der Waals surface area contributed by atoms with E-state index in [0.29, 0.717) is 18.8 Å². The molecule has 6 heteroatoms. The minimum absolute atomic E-state index is 0.0894. The van der Waals surface area contributed by atoms with Gasteiger partial charge in [0.2, 0.25) is 0 Å². The minimum Gasteiger partial charge on any atom is -0.497 e. The Balaban J connectivity index is 1.95. The van der Waals surface area contributed by atoms with E-state index >= 15 is 0 Å². The molecule has 0 unspecified atom stereocenters. The van der Waals surface area contributed by atoms with Gasteiger partial charge in [-0.25, -0.2) is 0 Å². The molecule has 0 spiro atoms. The van der Waals surface area contributed by atoms with Crippen LogP contribution in [0, 0.1) is 0 Å². The highest BCUT2D eigenvalue weighted by molar-refractivity contribution is 5.94. The number of methoxy groups -OCH3 is 1. The van der Waals surface area contributed by atoms with Crippen molar-refractivity contribution in [1.82, 2.24) is 20.0 Å². The van der Waals surface area contributed by atoms with Crippen molar-refractivity contribution in [3.8, 4) is 5.75 Å². The molecular formula is C18H24N4O2. The normalized spacial score (nSPS) is 14.3. The second-order valence-electron chi connectivity index (χ2n) is 6.13. The van der Waals surface area contributed by atoms with Crippen LogP contribution in [0.3, 0.4) is 0 Å². The number of nitrogens with zero attached hydrogens (tertiary/aromatic N) is 3. The number of hydrogen-bond donors (Lipinski definition) is 1. The fraction of sp³-hybridized carbons (Fsp3) is 0.444. The van der Waals surface area contributed by atoms with Crippen molar-refractivity contribution in [2.75, 3.05) is 27.2 Å². The number of nitrogens with one attached hydrogen (secondary N) is 1. The van der Waals surface area contributed by atoms with E-state index in [0.717, 1.165) is 42.1 Å². The SMILES string of the molecule is CCNC(=O)c1nn(Cc2cccc(OC)c2)c2c1CN(C)CC2. The third kappa shape index (κ3) is 3.28. The number of ether oxygens (including phenoxy) is 1. The molecule has 2 heterocycles. The summed E-state index contributed by atoms with van der Waals surface area (Å²) in [4.78, 5) is 14.6. The van der Waals surface area contributed by atoms with E-state index in [-0.39, 0.29) is 5.91 Å². The van der Waals surface area contributed by atoms with Crippen molar-refractivity contribution in [2.24, 2.45) is 0 Å². The van der Waals surface area contributed by atoms with Crippen molar-refractivity contribution >= 4 is 5.91 Å². The molecule has 6 nitrogen and oxygen atoms in total. The van der Waals surface area contributed by atoms with Crippen molar-refractivity contribution in [2.45, 2.75) is 26.4 Å². The van der Waals surface area contributed by atoms with Gasteiger partial charge in [-0.2, -0.15) is 5.10 Å². The van der Waals surface area contributed by atoms with Gasteiger partial charge in [0.25, 0.3) is 5.91 Å². The highest BCUT2D eigenvalue weighted by Gasteiger charge is 2.26. The lowest BCUT2D eigenvalue weighted by Crippen LogP contribution is -2.30. The second-order valence-corrected chi connectivity index (χ2v) is 6.13. The topological polar surface area (TPSA) is 59.4 Å². The Morgan fingerprint density at radius 1 is 1.42 bits per heavy atom. The fourth-order valence-electron chi connectivity index (χ4n) is 3.13. The summed E-state index contributed by atoms with van der Waals surface area (Å²) in [5.74, 6) is 0.741. The first-order chi connectivity index (χ1) is 11.6. The Morgan fingerprint density at radius 2 is 2.25 bits per heavy atom. The van der Waals surface area contributed by atoms with Crippen LogP contribution in [0.5, 0.6) is 5.75 Å². The van der Waals surface area contributed by atoms with Crippen LogP contribution in [0.4, 0.5) is 0 Å². The van der Waals surface area contributed by atoms with E-state index in [1.807, 2.05) is 29.8 Å². The summed E-state index contributed by atoms with van der Waals surface area (Å²) in [5.41, 5.74) is 3.89. The third-order valence-corrected chi connectivity index (χ3v) is 4.34. The molecule has 0 saturated heterocycles. The number of rotatable bonds is 5. The van der Waals surface area contributed by atoms with Crippen LogP contribution in [0.1, 0.15) is 34.2 Å². The molecule has 1 aromatic heterocycles. The summed E-state index contributed by atoms with van der Waals surface area (Å²) in [6, 6.07) is 7.96. The quantitative estimate of drug-likeness (QED) is 0.907. The van der Waals surface area contributed by atoms with E-state index in [1.165, 1.54) is 0 Å². The second kappa shape index (κ2) is 7.05. The number of carbonyl (C=O) groups excluding carboxylic acids is 1. The van der Waals surface area contributed by atoms with Gasteiger partial charge < -0.3 is 15.0 Å². The zero-order valence-corrected chi connectivity index (χ0v) is 14.5. The molecule has 1 aliphatic heterocycles. The van der Waals surface area contributed by atoms with Crippen LogP contribution in [-0.2, 0) is 19.5 Å². The summed E-state index contributed by atoms with van der Waals surface area (Å²) < 4.78 is 7.27. The van der Waals surface area contributed by atoms with Crippen LogP contribution in [0.2, 0.25) is 0 Å². The number of carbonyl (C=O) groups is 1. The van der Waals surface area contributed by atoms with Gasteiger partial charge >= 0.3 is 0 Å². The van der Waals surface area contributed by atoms with Crippen LogP contribution in [0.25, 0.3) is 0 Å². The van der Waals surface area contributed by atoms with Gasteiger partial charge in [0.05, 0.1) is 13.7 Å². The van der Waals surface area contributed by atoms with E-state index < -0.39 is 0 Å². The summed E-state index contributed by atoms with van der Waals surface area (Å²) in [7, 11) is 3.74. The van der Waals surface area contributed by atoms with Gasteiger partial charge in [-0.3, -0.25) is 9.48 Å². The molecule has 128 valence electrons. The van der Waals surface area contributed by atoms with Crippen molar-refractivity contribution < 1.29 is 9.53 Å². The number of amides is 1. The molecule has 1 aliphatic rings. The first-order valence-electron chi connectivity index (χ1n) is 8.30. The standard InChI is InChI=1S/C18H24N4O2/c1-4-19-18(23)17-15-12-21(2)9-8-16(15)22(20-17)11-13-6-5-7-14(10-13)24-3/h5-7,10H,4,8-9,11-12H2,1-3H3,(H,19,23). The van der Waals surface area contributed by atoms with Crippen molar-refractivity contribution in [1.29, 1.82) is 0 Å². The Bertz CT molecular complexity index is 739. The lowest BCUT2D eigenvalue weighted by molar-refractivity contribution is 0.0948. The zero-order chi connectivity index (χ0) is 17.1. The molecule has 0 saturated carbocycles. The Kier molecular flexibility index (Phi) is 4.85. The van der Waals surface area contributed by atoms with Crippen LogP contribution in [-0.4, -0.2) is 47.8 Å². The average Bonchev–Trinajstić information content (AvgIpc) is 2.93. The van der Waals surface area contributed by atoms with Gasteiger partial charge in [0.15, 0.2) is 5.69 Å². The van der Waals surface area contributed by atoms with Crippen LogP contribution >= 0.6 is 0 Å². The molecule has 1 amide bonds. The summed E-state index contributed by atoms with van der Waals surface area (Å²) in [5, 5.41) is 7.50. The van der Waals surface area contributed by atoms with E-state index in [2.05, 4.69) is 28.4 Å². The molecule has 2 aromatic rings. The molecule has 3 rings (SSSR count). The smallest absolute Gasteiger partial charge is 0.272 e. The van der Waals surface area contributed by atoms with E-state index in [9.17, 15) is 4.79 Å². The number of aromatic nitrogens is 2. The molecule has 24 heavy (non-hydrogen) atoms. The number of likely N-dealkylation sites (N-methyl/N-ethyl adjacent to an activating group) is 1. The van der Waals surface area contributed by atoms with Crippen molar-refractivity contribution in [3.63, 3.8) is 0 Å². The Labute approximate surface area is 142 Å². The first kappa shape index (κ1) is 16.5. The molecule has 0 aliphatic carbocycles. The first-order valence-corrected chi connectivity index (χ1v) is 8.30. The van der Waals surface area contributed by atoms with Gasteiger partial charge in [-0.15, -0.1) is 0 Å². The summed E-state index contributed by atoms with van der Waals surface area (Å²) in [6.45, 7) is 4.91. The molecule has 1 aromatic carbocycles. The predicted octanol–water partition coefficient (Wildman–Crippen LogP) is 1.68. The van der Waals surface area contributed by atoms with Crippen LogP contribution in [0.15, 0.2) is 24.3 Å². The number of fused-ring (bicyclic) bond motifs is 1. The monoisotopic (exact) mass is 328 g/mol. The number of hydrogen-bond acceptors (Lipinski definition) is 4. The zero-order valence-electron chi connectivity index (χ0n) is 14.5.